The highest BCUT2D eigenvalue weighted by Gasteiger charge is 2.15. The Bertz CT molecular complexity index is 651. The third kappa shape index (κ3) is 2.69. The average molecular weight is 321 g/mol. The molecule has 19 heavy (non-hydrogen) atoms. The summed E-state index contributed by atoms with van der Waals surface area (Å²) >= 11 is 3.40. The number of hydrogen-bond donors (Lipinski definition) is 3. The molecular weight excluding hydrogens is 308 g/mol. The molecule has 0 atom stereocenters. The Labute approximate surface area is 118 Å². The monoisotopic (exact) mass is 320 g/mol. The standard InChI is InChI=1S/C13H13BrN4O/c14-8-1-3-9(4-2-8)16-12-10-5-6-15-7-11(10)17-13(19)18-12/h1-4,15H,5-7H2,(H2,16,17,18,19). The van der Waals surface area contributed by atoms with Crippen molar-refractivity contribution in [1.82, 2.24) is 15.3 Å². The quantitative estimate of drug-likeness (QED) is 0.790. The fourth-order valence-corrected chi connectivity index (χ4v) is 2.43. The Morgan fingerprint density at radius 1 is 1.26 bits per heavy atom. The molecule has 2 heterocycles. The van der Waals surface area contributed by atoms with E-state index in [0.29, 0.717) is 12.4 Å². The van der Waals surface area contributed by atoms with Crippen LogP contribution in [0.5, 0.6) is 0 Å². The maximum absolute atomic E-state index is 11.6. The molecule has 1 aromatic heterocycles. The lowest BCUT2D eigenvalue weighted by Crippen LogP contribution is -2.29. The zero-order chi connectivity index (χ0) is 13.2. The number of H-pyrrole nitrogens is 1. The Hall–Kier alpha value is -1.66. The molecule has 6 heteroatoms. The van der Waals surface area contributed by atoms with Gasteiger partial charge in [0.25, 0.3) is 0 Å². The van der Waals surface area contributed by atoms with Gasteiger partial charge in [0.05, 0.1) is 0 Å². The first-order valence-corrected chi connectivity index (χ1v) is 6.87. The molecule has 0 fully saturated rings. The minimum absolute atomic E-state index is 0.318. The van der Waals surface area contributed by atoms with Gasteiger partial charge in [0.15, 0.2) is 0 Å². The SMILES string of the molecule is O=c1nc(Nc2ccc(Br)cc2)c2c([nH]1)CNCC2. The largest absolute Gasteiger partial charge is 0.347 e. The number of anilines is 2. The van der Waals surface area contributed by atoms with Gasteiger partial charge in [-0.1, -0.05) is 15.9 Å². The van der Waals surface area contributed by atoms with Gasteiger partial charge in [0.2, 0.25) is 0 Å². The number of hydrogen-bond acceptors (Lipinski definition) is 4. The van der Waals surface area contributed by atoms with Crippen molar-refractivity contribution in [2.75, 3.05) is 11.9 Å². The number of benzene rings is 1. The lowest BCUT2D eigenvalue weighted by atomic mass is 10.1. The molecule has 0 unspecified atom stereocenters. The van der Waals surface area contributed by atoms with Crippen molar-refractivity contribution in [3.05, 3.63) is 50.5 Å². The topological polar surface area (TPSA) is 69.8 Å². The van der Waals surface area contributed by atoms with Crippen LogP contribution in [0, 0.1) is 0 Å². The van der Waals surface area contributed by atoms with E-state index in [0.717, 1.165) is 34.4 Å². The summed E-state index contributed by atoms with van der Waals surface area (Å²) in [6.45, 7) is 1.58. The van der Waals surface area contributed by atoms with Crippen LogP contribution in [0.25, 0.3) is 0 Å². The van der Waals surface area contributed by atoms with Crippen LogP contribution in [0.15, 0.2) is 33.5 Å². The molecule has 0 spiro atoms. The van der Waals surface area contributed by atoms with Gasteiger partial charge in [-0.25, -0.2) is 4.79 Å². The van der Waals surface area contributed by atoms with Crippen molar-refractivity contribution in [2.45, 2.75) is 13.0 Å². The molecular formula is C13H13BrN4O. The molecule has 0 aliphatic carbocycles. The van der Waals surface area contributed by atoms with E-state index in [1.54, 1.807) is 0 Å². The second-order valence-corrected chi connectivity index (χ2v) is 5.32. The highest BCUT2D eigenvalue weighted by atomic mass is 79.9. The molecule has 1 aliphatic rings. The zero-order valence-corrected chi connectivity index (χ0v) is 11.8. The first kappa shape index (κ1) is 12.4. The van der Waals surface area contributed by atoms with Crippen LogP contribution in [-0.4, -0.2) is 16.5 Å². The molecule has 0 amide bonds. The van der Waals surface area contributed by atoms with E-state index in [9.17, 15) is 4.79 Å². The first-order chi connectivity index (χ1) is 9.22. The highest BCUT2D eigenvalue weighted by Crippen LogP contribution is 2.22. The second kappa shape index (κ2) is 5.14. The predicted molar refractivity (Wildman–Crippen MR) is 77.7 cm³/mol. The summed E-state index contributed by atoms with van der Waals surface area (Å²) in [5.41, 5.74) is 2.61. The maximum Gasteiger partial charge on any atom is 0.347 e. The number of aromatic nitrogens is 2. The summed E-state index contributed by atoms with van der Waals surface area (Å²) in [4.78, 5) is 18.4. The third-order valence-electron chi connectivity index (χ3n) is 3.08. The highest BCUT2D eigenvalue weighted by molar-refractivity contribution is 9.10. The number of rotatable bonds is 2. The molecule has 5 nitrogen and oxygen atoms in total. The summed E-state index contributed by atoms with van der Waals surface area (Å²) in [6, 6.07) is 7.79. The number of halogens is 1. The summed E-state index contributed by atoms with van der Waals surface area (Å²) in [5, 5.41) is 6.46. The van der Waals surface area contributed by atoms with E-state index in [1.165, 1.54) is 0 Å². The predicted octanol–water partition coefficient (Wildman–Crippen LogP) is 1.92. The van der Waals surface area contributed by atoms with Gasteiger partial charge in [-0.3, -0.25) is 0 Å². The van der Waals surface area contributed by atoms with E-state index in [4.69, 9.17) is 0 Å². The Morgan fingerprint density at radius 3 is 2.84 bits per heavy atom. The van der Waals surface area contributed by atoms with Crippen molar-refractivity contribution < 1.29 is 0 Å². The Balaban J connectivity index is 1.98. The summed E-state index contributed by atoms with van der Waals surface area (Å²) in [5.74, 6) is 0.655. The molecule has 1 aromatic carbocycles. The average Bonchev–Trinajstić information content (AvgIpc) is 2.41. The van der Waals surface area contributed by atoms with Crippen LogP contribution in [0.2, 0.25) is 0 Å². The minimum atomic E-state index is -0.318. The van der Waals surface area contributed by atoms with E-state index in [1.807, 2.05) is 24.3 Å². The lowest BCUT2D eigenvalue weighted by molar-refractivity contribution is 0.621. The van der Waals surface area contributed by atoms with Gasteiger partial charge < -0.3 is 15.6 Å². The molecule has 98 valence electrons. The van der Waals surface area contributed by atoms with Crippen LogP contribution in [0.3, 0.4) is 0 Å². The summed E-state index contributed by atoms with van der Waals surface area (Å²) in [6.07, 6.45) is 0.859. The molecule has 1 aliphatic heterocycles. The number of fused-ring (bicyclic) bond motifs is 1. The van der Waals surface area contributed by atoms with Gasteiger partial charge in [0, 0.05) is 28.0 Å². The summed E-state index contributed by atoms with van der Waals surface area (Å²) in [7, 11) is 0. The second-order valence-electron chi connectivity index (χ2n) is 4.41. The van der Waals surface area contributed by atoms with Gasteiger partial charge in [-0.2, -0.15) is 4.98 Å². The van der Waals surface area contributed by atoms with E-state index in [-0.39, 0.29) is 5.69 Å². The van der Waals surface area contributed by atoms with Crippen molar-refractivity contribution in [3.8, 4) is 0 Å². The van der Waals surface area contributed by atoms with E-state index < -0.39 is 0 Å². The molecule has 0 saturated heterocycles. The lowest BCUT2D eigenvalue weighted by Gasteiger charge is -2.19. The molecule has 3 rings (SSSR count). The fraction of sp³-hybridized carbons (Fsp3) is 0.231. The van der Waals surface area contributed by atoms with Crippen LogP contribution in [0.4, 0.5) is 11.5 Å². The fourth-order valence-electron chi connectivity index (χ4n) is 2.16. The zero-order valence-electron chi connectivity index (χ0n) is 10.2. The molecule has 0 saturated carbocycles. The molecule has 2 aromatic rings. The van der Waals surface area contributed by atoms with Gasteiger partial charge >= 0.3 is 5.69 Å². The first-order valence-electron chi connectivity index (χ1n) is 6.08. The molecule has 0 radical (unpaired) electrons. The minimum Gasteiger partial charge on any atom is -0.340 e. The van der Waals surface area contributed by atoms with Gasteiger partial charge in [-0.05, 0) is 37.2 Å². The number of nitrogens with one attached hydrogen (secondary N) is 3. The smallest absolute Gasteiger partial charge is 0.340 e. The molecule has 0 bridgehead atoms. The maximum atomic E-state index is 11.6. The Morgan fingerprint density at radius 2 is 2.05 bits per heavy atom. The molecule has 3 N–H and O–H groups in total. The Kier molecular flexibility index (Phi) is 3.35. The third-order valence-corrected chi connectivity index (χ3v) is 3.61. The number of aromatic amines is 1. The van der Waals surface area contributed by atoms with Gasteiger partial charge in [0.1, 0.15) is 5.82 Å². The van der Waals surface area contributed by atoms with Crippen molar-refractivity contribution in [3.63, 3.8) is 0 Å². The van der Waals surface area contributed by atoms with Gasteiger partial charge in [-0.15, -0.1) is 0 Å². The number of nitrogens with zero attached hydrogens (tertiary/aromatic N) is 1. The van der Waals surface area contributed by atoms with Crippen molar-refractivity contribution >= 4 is 27.4 Å². The van der Waals surface area contributed by atoms with Crippen LogP contribution >= 0.6 is 15.9 Å². The van der Waals surface area contributed by atoms with Crippen LogP contribution in [0.1, 0.15) is 11.3 Å². The van der Waals surface area contributed by atoms with Crippen LogP contribution < -0.4 is 16.3 Å². The summed E-state index contributed by atoms with van der Waals surface area (Å²) < 4.78 is 1.02. The van der Waals surface area contributed by atoms with Crippen molar-refractivity contribution in [1.29, 1.82) is 0 Å². The van der Waals surface area contributed by atoms with Crippen molar-refractivity contribution in [2.24, 2.45) is 0 Å². The van der Waals surface area contributed by atoms with Crippen LogP contribution in [-0.2, 0) is 13.0 Å². The van der Waals surface area contributed by atoms with E-state index in [2.05, 4.69) is 36.5 Å². The van der Waals surface area contributed by atoms with E-state index >= 15 is 0 Å². The normalized spacial score (nSPS) is 13.9.